The lowest BCUT2D eigenvalue weighted by molar-refractivity contribution is 0.0198. The van der Waals surface area contributed by atoms with Gasteiger partial charge in [0.1, 0.15) is 0 Å². The highest BCUT2D eigenvalue weighted by molar-refractivity contribution is 5.82. The van der Waals surface area contributed by atoms with E-state index in [4.69, 9.17) is 4.84 Å². The zero-order chi connectivity index (χ0) is 11.4. The molecule has 86 valence electrons. The molecule has 0 saturated heterocycles. The highest BCUT2D eigenvalue weighted by Gasteiger charge is 2.01. The summed E-state index contributed by atoms with van der Waals surface area (Å²) in [6, 6.07) is 8.35. The Morgan fingerprint density at radius 2 is 2.19 bits per heavy atom. The fourth-order valence-corrected chi connectivity index (χ4v) is 1.65. The molecule has 0 aliphatic carbocycles. The maximum Gasteiger partial charge on any atom is 0.0705 e. The fourth-order valence-electron chi connectivity index (χ4n) is 1.65. The summed E-state index contributed by atoms with van der Waals surface area (Å²) in [5, 5.41) is 1.24. The molecule has 3 nitrogen and oxygen atoms in total. The SMILES string of the molecule is CC(C)CONCc1cccc2cc[nH]c12. The number of fused-ring (bicyclic) bond motifs is 1. The van der Waals surface area contributed by atoms with Gasteiger partial charge in [-0.3, -0.25) is 0 Å². The van der Waals surface area contributed by atoms with Gasteiger partial charge in [-0.15, -0.1) is 0 Å². The Bertz CT molecular complexity index is 448. The van der Waals surface area contributed by atoms with E-state index >= 15 is 0 Å². The van der Waals surface area contributed by atoms with Crippen LogP contribution in [0.5, 0.6) is 0 Å². The highest BCUT2D eigenvalue weighted by Crippen LogP contribution is 2.16. The molecule has 0 radical (unpaired) electrons. The Morgan fingerprint density at radius 3 is 3.00 bits per heavy atom. The molecule has 1 aromatic carbocycles. The van der Waals surface area contributed by atoms with Crippen molar-refractivity contribution < 1.29 is 4.84 Å². The average Bonchev–Trinajstić information content (AvgIpc) is 2.72. The molecule has 0 spiro atoms. The first-order chi connectivity index (χ1) is 7.77. The smallest absolute Gasteiger partial charge is 0.0705 e. The number of aromatic nitrogens is 1. The van der Waals surface area contributed by atoms with Crippen LogP contribution in [0.4, 0.5) is 0 Å². The number of hydrogen-bond acceptors (Lipinski definition) is 2. The van der Waals surface area contributed by atoms with E-state index in [1.165, 1.54) is 16.5 Å². The van der Waals surface area contributed by atoms with Gasteiger partial charge in [0.25, 0.3) is 0 Å². The second kappa shape index (κ2) is 5.14. The van der Waals surface area contributed by atoms with Crippen LogP contribution >= 0.6 is 0 Å². The van der Waals surface area contributed by atoms with Crippen molar-refractivity contribution >= 4 is 10.9 Å². The molecule has 0 saturated carbocycles. The lowest BCUT2D eigenvalue weighted by atomic mass is 10.1. The normalized spacial score (nSPS) is 11.4. The Hall–Kier alpha value is -1.32. The second-order valence-electron chi connectivity index (χ2n) is 4.38. The largest absolute Gasteiger partial charge is 0.361 e. The summed E-state index contributed by atoms with van der Waals surface area (Å²) in [6.45, 7) is 5.73. The number of aromatic amines is 1. The molecule has 3 heteroatoms. The molecule has 1 heterocycles. The number of para-hydroxylation sites is 1. The van der Waals surface area contributed by atoms with Crippen LogP contribution in [0.3, 0.4) is 0 Å². The molecule has 0 atom stereocenters. The van der Waals surface area contributed by atoms with Gasteiger partial charge < -0.3 is 9.82 Å². The predicted molar refractivity (Wildman–Crippen MR) is 65.9 cm³/mol. The molecule has 0 aliphatic rings. The van der Waals surface area contributed by atoms with Crippen LogP contribution in [0.2, 0.25) is 0 Å². The van der Waals surface area contributed by atoms with Crippen molar-refractivity contribution in [3.63, 3.8) is 0 Å². The molecule has 16 heavy (non-hydrogen) atoms. The number of hydrogen-bond donors (Lipinski definition) is 2. The van der Waals surface area contributed by atoms with Crippen molar-refractivity contribution in [2.75, 3.05) is 6.61 Å². The van der Waals surface area contributed by atoms with Crippen molar-refractivity contribution in [1.82, 2.24) is 10.5 Å². The van der Waals surface area contributed by atoms with Crippen LogP contribution in [0, 0.1) is 5.92 Å². The summed E-state index contributed by atoms with van der Waals surface area (Å²) in [4.78, 5) is 8.60. The Labute approximate surface area is 95.8 Å². The quantitative estimate of drug-likeness (QED) is 0.598. The summed E-state index contributed by atoms with van der Waals surface area (Å²) in [5.41, 5.74) is 5.41. The maximum absolute atomic E-state index is 5.36. The van der Waals surface area contributed by atoms with Gasteiger partial charge >= 0.3 is 0 Å². The van der Waals surface area contributed by atoms with Gasteiger partial charge in [0.05, 0.1) is 6.61 Å². The Balaban J connectivity index is 1.96. The molecule has 1 aromatic heterocycles. The summed E-state index contributed by atoms with van der Waals surface area (Å²) in [5.74, 6) is 0.550. The summed E-state index contributed by atoms with van der Waals surface area (Å²) < 4.78 is 0. The van der Waals surface area contributed by atoms with Crippen molar-refractivity contribution in [2.45, 2.75) is 20.4 Å². The van der Waals surface area contributed by atoms with Gasteiger partial charge in [0.15, 0.2) is 0 Å². The van der Waals surface area contributed by atoms with Crippen LogP contribution in [-0.4, -0.2) is 11.6 Å². The van der Waals surface area contributed by atoms with Crippen molar-refractivity contribution in [2.24, 2.45) is 5.92 Å². The molecule has 2 N–H and O–H groups in total. The molecule has 0 aliphatic heterocycles. The first-order valence-electron chi connectivity index (χ1n) is 5.67. The van der Waals surface area contributed by atoms with E-state index in [1.807, 2.05) is 6.20 Å². The second-order valence-corrected chi connectivity index (χ2v) is 4.38. The van der Waals surface area contributed by atoms with E-state index in [1.54, 1.807) is 0 Å². The topological polar surface area (TPSA) is 37.0 Å². The van der Waals surface area contributed by atoms with E-state index in [2.05, 4.69) is 48.6 Å². The van der Waals surface area contributed by atoms with E-state index < -0.39 is 0 Å². The summed E-state index contributed by atoms with van der Waals surface area (Å²) >= 11 is 0. The van der Waals surface area contributed by atoms with Crippen LogP contribution < -0.4 is 5.48 Å². The molecule has 0 unspecified atom stereocenters. The monoisotopic (exact) mass is 218 g/mol. The average molecular weight is 218 g/mol. The van der Waals surface area contributed by atoms with Crippen molar-refractivity contribution in [3.8, 4) is 0 Å². The predicted octanol–water partition coefficient (Wildman–Crippen LogP) is 2.85. The van der Waals surface area contributed by atoms with E-state index in [0.29, 0.717) is 5.92 Å². The summed E-state index contributed by atoms with van der Waals surface area (Å²) in [7, 11) is 0. The van der Waals surface area contributed by atoms with Crippen LogP contribution in [0.25, 0.3) is 10.9 Å². The Morgan fingerprint density at radius 1 is 1.31 bits per heavy atom. The Kier molecular flexibility index (Phi) is 3.59. The number of H-pyrrole nitrogens is 1. The van der Waals surface area contributed by atoms with Gasteiger partial charge in [0, 0.05) is 18.3 Å². The zero-order valence-electron chi connectivity index (χ0n) is 9.79. The number of nitrogens with one attached hydrogen (secondary N) is 2. The van der Waals surface area contributed by atoms with Gasteiger partial charge in [-0.1, -0.05) is 32.0 Å². The van der Waals surface area contributed by atoms with Crippen LogP contribution in [-0.2, 0) is 11.4 Å². The van der Waals surface area contributed by atoms with Crippen LogP contribution in [0.15, 0.2) is 30.5 Å². The van der Waals surface area contributed by atoms with Gasteiger partial charge in [-0.25, -0.2) is 0 Å². The highest BCUT2D eigenvalue weighted by atomic mass is 16.6. The first-order valence-corrected chi connectivity index (χ1v) is 5.67. The summed E-state index contributed by atoms with van der Waals surface area (Å²) in [6.07, 6.45) is 1.96. The maximum atomic E-state index is 5.36. The van der Waals surface area contributed by atoms with Crippen molar-refractivity contribution in [1.29, 1.82) is 0 Å². The minimum Gasteiger partial charge on any atom is -0.361 e. The third-order valence-electron chi connectivity index (χ3n) is 2.45. The molecule has 0 amide bonds. The molecule has 2 rings (SSSR count). The molecule has 0 fully saturated rings. The minimum atomic E-state index is 0.550. The first kappa shape index (κ1) is 11.2. The number of rotatable bonds is 5. The van der Waals surface area contributed by atoms with E-state index in [9.17, 15) is 0 Å². The number of hydroxylamine groups is 1. The third kappa shape index (κ3) is 2.62. The van der Waals surface area contributed by atoms with E-state index in [0.717, 1.165) is 13.2 Å². The van der Waals surface area contributed by atoms with Crippen LogP contribution in [0.1, 0.15) is 19.4 Å². The lowest BCUT2D eigenvalue weighted by Gasteiger charge is -2.08. The molecular weight excluding hydrogens is 200 g/mol. The van der Waals surface area contributed by atoms with Crippen molar-refractivity contribution in [3.05, 3.63) is 36.0 Å². The fraction of sp³-hybridized carbons (Fsp3) is 0.385. The lowest BCUT2D eigenvalue weighted by Crippen LogP contribution is -2.17. The third-order valence-corrected chi connectivity index (χ3v) is 2.45. The van der Waals surface area contributed by atoms with Gasteiger partial charge in [-0.2, -0.15) is 5.48 Å². The van der Waals surface area contributed by atoms with Gasteiger partial charge in [0.2, 0.25) is 0 Å². The molecule has 0 bridgehead atoms. The molecular formula is C13H18N2O. The zero-order valence-corrected chi connectivity index (χ0v) is 9.79. The minimum absolute atomic E-state index is 0.550. The standard InChI is InChI=1S/C13H18N2O/c1-10(2)9-16-15-8-12-5-3-4-11-6-7-14-13(11)12/h3-7,10,14-15H,8-9H2,1-2H3. The number of benzene rings is 1. The van der Waals surface area contributed by atoms with Gasteiger partial charge in [-0.05, 0) is 22.9 Å². The van der Waals surface area contributed by atoms with E-state index in [-0.39, 0.29) is 0 Å². The molecule has 2 aromatic rings.